The Morgan fingerprint density at radius 3 is 2.20 bits per heavy atom. The molecule has 0 unspecified atom stereocenters. The molecule has 4 saturated carbocycles. The van der Waals surface area contributed by atoms with Crippen LogP contribution in [0.15, 0.2) is 46.9 Å². The lowest BCUT2D eigenvalue weighted by Gasteiger charge is -2.57. The second-order valence-corrected chi connectivity index (χ2v) is 10.5. The summed E-state index contributed by atoms with van der Waals surface area (Å²) >= 11 is 3.79. The van der Waals surface area contributed by atoms with Crippen LogP contribution < -0.4 is 14.8 Å². The number of hydrogen-bond donors (Lipinski definition) is 1. The third kappa shape index (κ3) is 4.27. The molecule has 4 aliphatic rings. The predicted octanol–water partition coefficient (Wildman–Crippen LogP) is 6.49. The fraction of sp³-hybridized carbons (Fsp3) is 0.538. The molecule has 4 fully saturated rings. The lowest BCUT2D eigenvalue weighted by molar-refractivity contribution is -0.0206. The highest BCUT2D eigenvalue weighted by atomic mass is 79.9. The smallest absolute Gasteiger partial charge is 0.162 e. The van der Waals surface area contributed by atoms with Crippen LogP contribution in [-0.4, -0.2) is 12.1 Å². The monoisotopic (exact) mass is 469 g/mol. The van der Waals surface area contributed by atoms with E-state index in [-0.39, 0.29) is 0 Å². The molecule has 2 aromatic rings. The fourth-order valence-corrected chi connectivity index (χ4v) is 6.90. The molecule has 2 aromatic carbocycles. The minimum atomic E-state index is 0.364. The zero-order chi connectivity index (χ0) is 20.6. The molecule has 3 nitrogen and oxygen atoms in total. The molecule has 0 atom stereocenters. The molecule has 4 aliphatic carbocycles. The average Bonchev–Trinajstić information content (AvgIpc) is 2.73. The van der Waals surface area contributed by atoms with Gasteiger partial charge in [0.2, 0.25) is 0 Å². The predicted molar refractivity (Wildman–Crippen MR) is 124 cm³/mol. The molecule has 0 heterocycles. The Morgan fingerprint density at radius 2 is 1.57 bits per heavy atom. The van der Waals surface area contributed by atoms with Gasteiger partial charge in [0.1, 0.15) is 6.61 Å². The third-order valence-corrected chi connectivity index (χ3v) is 8.08. The Hall–Kier alpha value is -1.52. The normalized spacial score (nSPS) is 29.2. The third-order valence-electron chi connectivity index (χ3n) is 7.34. The van der Waals surface area contributed by atoms with Gasteiger partial charge in [0, 0.05) is 16.6 Å². The first-order chi connectivity index (χ1) is 14.6. The summed E-state index contributed by atoms with van der Waals surface area (Å²) in [5.74, 6) is 4.50. The molecule has 0 aliphatic heterocycles. The minimum absolute atomic E-state index is 0.364. The summed E-state index contributed by atoms with van der Waals surface area (Å²) in [5, 5.41) is 4.00. The van der Waals surface area contributed by atoms with E-state index in [4.69, 9.17) is 9.47 Å². The standard InChI is InChI=1S/C26H32BrNO2/c1-2-29-24-11-22(23(27)12-25(24)30-17-18-6-4-3-5-7-18)16-28-26-13-19-8-20(14-26)10-21(9-19)15-26/h3-7,11-12,19-21,28H,2,8-10,13-17H2,1H3. The number of halogens is 1. The number of ether oxygens (including phenoxy) is 2. The van der Waals surface area contributed by atoms with Crippen LogP contribution in [0.3, 0.4) is 0 Å². The topological polar surface area (TPSA) is 30.5 Å². The van der Waals surface area contributed by atoms with Crippen molar-refractivity contribution in [3.8, 4) is 11.5 Å². The van der Waals surface area contributed by atoms with E-state index >= 15 is 0 Å². The van der Waals surface area contributed by atoms with Crippen molar-refractivity contribution < 1.29 is 9.47 Å². The maximum Gasteiger partial charge on any atom is 0.162 e. The van der Waals surface area contributed by atoms with Gasteiger partial charge < -0.3 is 14.8 Å². The number of benzene rings is 2. The van der Waals surface area contributed by atoms with E-state index in [1.165, 1.54) is 44.1 Å². The van der Waals surface area contributed by atoms with Crippen LogP contribution in [0.5, 0.6) is 11.5 Å². The zero-order valence-corrected chi connectivity index (χ0v) is 19.4. The maximum absolute atomic E-state index is 6.11. The van der Waals surface area contributed by atoms with Crippen LogP contribution in [0.4, 0.5) is 0 Å². The molecule has 30 heavy (non-hydrogen) atoms. The number of hydrogen-bond acceptors (Lipinski definition) is 3. The van der Waals surface area contributed by atoms with Crippen molar-refractivity contribution in [3.63, 3.8) is 0 Å². The Kier molecular flexibility index (Phi) is 5.81. The van der Waals surface area contributed by atoms with Gasteiger partial charge in [0.05, 0.1) is 6.61 Å². The second-order valence-electron chi connectivity index (χ2n) is 9.65. The van der Waals surface area contributed by atoms with E-state index in [9.17, 15) is 0 Å². The summed E-state index contributed by atoms with van der Waals surface area (Å²) in [6, 6.07) is 14.5. The van der Waals surface area contributed by atoms with Crippen LogP contribution in [0, 0.1) is 17.8 Å². The highest BCUT2D eigenvalue weighted by Crippen LogP contribution is 2.55. The summed E-state index contributed by atoms with van der Waals surface area (Å²) in [4.78, 5) is 0. The van der Waals surface area contributed by atoms with Crippen molar-refractivity contribution in [3.05, 3.63) is 58.1 Å². The van der Waals surface area contributed by atoms with Crippen LogP contribution in [0.25, 0.3) is 0 Å². The molecule has 4 heteroatoms. The van der Waals surface area contributed by atoms with Gasteiger partial charge in [-0.05, 0) is 86.5 Å². The van der Waals surface area contributed by atoms with E-state index < -0.39 is 0 Å². The summed E-state index contributed by atoms with van der Waals surface area (Å²) in [5.41, 5.74) is 2.77. The van der Waals surface area contributed by atoms with Gasteiger partial charge in [-0.1, -0.05) is 46.3 Å². The van der Waals surface area contributed by atoms with E-state index in [2.05, 4.69) is 45.5 Å². The Labute approximate surface area is 188 Å². The number of rotatable bonds is 8. The molecule has 0 radical (unpaired) electrons. The van der Waals surface area contributed by atoms with Gasteiger partial charge in [-0.2, -0.15) is 0 Å². The van der Waals surface area contributed by atoms with Crippen LogP contribution >= 0.6 is 15.9 Å². The average molecular weight is 470 g/mol. The Morgan fingerprint density at radius 1 is 0.933 bits per heavy atom. The molecular formula is C26H32BrNO2. The highest BCUT2D eigenvalue weighted by molar-refractivity contribution is 9.10. The molecule has 0 saturated heterocycles. The first kappa shape index (κ1) is 20.4. The first-order valence-electron chi connectivity index (χ1n) is 11.5. The van der Waals surface area contributed by atoms with E-state index in [0.29, 0.717) is 18.8 Å². The quantitative estimate of drug-likeness (QED) is 0.479. The van der Waals surface area contributed by atoms with Gasteiger partial charge in [0.25, 0.3) is 0 Å². The summed E-state index contributed by atoms with van der Waals surface area (Å²) in [6.45, 7) is 4.07. The first-order valence-corrected chi connectivity index (χ1v) is 12.3. The van der Waals surface area contributed by atoms with Gasteiger partial charge in [0.15, 0.2) is 11.5 Å². The van der Waals surface area contributed by atoms with Crippen molar-refractivity contribution in [1.82, 2.24) is 5.32 Å². The van der Waals surface area contributed by atoms with Crippen molar-refractivity contribution in [2.24, 2.45) is 17.8 Å². The molecule has 160 valence electrons. The Balaban J connectivity index is 1.30. The lowest BCUT2D eigenvalue weighted by Crippen LogP contribution is -2.58. The van der Waals surface area contributed by atoms with Crippen LogP contribution in [0.2, 0.25) is 0 Å². The molecule has 6 rings (SSSR count). The lowest BCUT2D eigenvalue weighted by atomic mass is 9.53. The van der Waals surface area contributed by atoms with Crippen LogP contribution in [0.1, 0.15) is 56.6 Å². The summed E-state index contributed by atoms with van der Waals surface area (Å²) in [6.07, 6.45) is 8.54. The highest BCUT2D eigenvalue weighted by Gasteiger charge is 2.50. The molecule has 0 aromatic heterocycles. The summed E-state index contributed by atoms with van der Waals surface area (Å²) < 4.78 is 13.1. The maximum atomic E-state index is 6.11. The largest absolute Gasteiger partial charge is 0.490 e. The van der Waals surface area contributed by atoms with Gasteiger partial charge in [-0.25, -0.2) is 0 Å². The van der Waals surface area contributed by atoms with Crippen molar-refractivity contribution >= 4 is 15.9 Å². The van der Waals surface area contributed by atoms with E-state index in [1.807, 2.05) is 25.1 Å². The molecule has 0 spiro atoms. The van der Waals surface area contributed by atoms with Gasteiger partial charge in [-0.3, -0.25) is 0 Å². The molecular weight excluding hydrogens is 438 g/mol. The Bertz CT molecular complexity index is 847. The van der Waals surface area contributed by atoms with Gasteiger partial charge in [-0.15, -0.1) is 0 Å². The molecule has 0 amide bonds. The van der Waals surface area contributed by atoms with Gasteiger partial charge >= 0.3 is 0 Å². The van der Waals surface area contributed by atoms with Crippen molar-refractivity contribution in [1.29, 1.82) is 0 Å². The minimum Gasteiger partial charge on any atom is -0.490 e. The van der Waals surface area contributed by atoms with Crippen molar-refractivity contribution in [2.75, 3.05) is 6.61 Å². The molecule has 1 N–H and O–H groups in total. The van der Waals surface area contributed by atoms with Crippen molar-refractivity contribution in [2.45, 2.75) is 64.1 Å². The van der Waals surface area contributed by atoms with Crippen LogP contribution in [-0.2, 0) is 13.2 Å². The second kappa shape index (κ2) is 8.55. The van der Waals surface area contributed by atoms with E-state index in [1.54, 1.807) is 0 Å². The number of nitrogens with one attached hydrogen (secondary N) is 1. The molecule has 4 bridgehead atoms. The summed E-state index contributed by atoms with van der Waals surface area (Å²) in [7, 11) is 0. The fourth-order valence-electron chi connectivity index (χ4n) is 6.44. The van der Waals surface area contributed by atoms with E-state index in [0.717, 1.165) is 45.8 Å². The zero-order valence-electron chi connectivity index (χ0n) is 17.8. The SMILES string of the molecule is CCOc1cc(CNC23CC4CC(CC(C4)C2)C3)c(Br)cc1OCc1ccccc1.